The van der Waals surface area contributed by atoms with E-state index in [0.29, 0.717) is 48.4 Å². The molecule has 0 aliphatic heterocycles. The van der Waals surface area contributed by atoms with Crippen molar-refractivity contribution in [3.05, 3.63) is 126 Å². The molecule has 0 amide bonds. The van der Waals surface area contributed by atoms with Crippen molar-refractivity contribution in [1.82, 2.24) is 10.2 Å². The van der Waals surface area contributed by atoms with Crippen LogP contribution >= 0.6 is 45.2 Å². The number of Topliss-reactive ketones (excluding diaryl/α,β-unsaturated/α-hetero) is 1. The first-order valence-corrected chi connectivity index (χ1v) is 21.9. The van der Waals surface area contributed by atoms with E-state index in [9.17, 15) is 14.7 Å². The van der Waals surface area contributed by atoms with Gasteiger partial charge >= 0.3 is 0 Å². The first kappa shape index (κ1) is 45.4. The highest BCUT2D eigenvalue weighted by Crippen LogP contribution is 2.33. The van der Waals surface area contributed by atoms with E-state index in [1.165, 1.54) is 0 Å². The summed E-state index contributed by atoms with van der Waals surface area (Å²) in [5.41, 5.74) is 3.87. The van der Waals surface area contributed by atoms with Crippen LogP contribution in [0, 0.1) is 7.14 Å². The number of aliphatic hydroxyl groups is 1. The second-order valence-electron chi connectivity index (χ2n) is 13.5. The van der Waals surface area contributed by atoms with Crippen LogP contribution in [0.1, 0.15) is 91.0 Å². The minimum absolute atomic E-state index is 0.0153. The summed E-state index contributed by atoms with van der Waals surface area (Å²) in [5.74, 6) is 2.25. The van der Waals surface area contributed by atoms with Gasteiger partial charge in [0.1, 0.15) is 42.2 Å². The van der Waals surface area contributed by atoms with Crippen molar-refractivity contribution in [1.29, 1.82) is 0 Å². The number of hydrogen-bond acceptors (Lipinski definition) is 8. The van der Waals surface area contributed by atoms with Gasteiger partial charge in [0, 0.05) is 36.9 Å². The van der Waals surface area contributed by atoms with Gasteiger partial charge in [-0.05, 0) is 120 Å². The van der Waals surface area contributed by atoms with Crippen molar-refractivity contribution in [2.75, 3.05) is 45.9 Å². The maximum Gasteiger partial charge on any atom is 0.197 e. The Morgan fingerprint density at radius 2 is 1.52 bits per heavy atom. The zero-order chi connectivity index (χ0) is 40.3. The molecule has 300 valence electrons. The summed E-state index contributed by atoms with van der Waals surface area (Å²) >= 11 is 4.54. The summed E-state index contributed by atoms with van der Waals surface area (Å²) in [6.07, 6.45) is 4.38. The van der Waals surface area contributed by atoms with Crippen molar-refractivity contribution >= 4 is 67.7 Å². The number of unbranched alkanes of at least 4 members (excludes halogenated alkanes) is 1. The van der Waals surface area contributed by atoms with Gasteiger partial charge in [-0.15, -0.1) is 0 Å². The maximum absolute atomic E-state index is 13.6. The molecule has 1 heterocycles. The molecular formula is C46H56I2N2O6. The van der Waals surface area contributed by atoms with E-state index in [-0.39, 0.29) is 18.2 Å². The van der Waals surface area contributed by atoms with Crippen molar-refractivity contribution in [3.8, 4) is 11.5 Å². The van der Waals surface area contributed by atoms with Crippen LogP contribution in [0.3, 0.4) is 0 Å². The second-order valence-corrected chi connectivity index (χ2v) is 15.9. The molecule has 0 radical (unpaired) electrons. The zero-order valence-corrected chi connectivity index (χ0v) is 37.4. The van der Waals surface area contributed by atoms with E-state index in [0.717, 1.165) is 87.0 Å². The smallest absolute Gasteiger partial charge is 0.197 e. The number of hydrogen-bond donors (Lipinski definition) is 2. The molecule has 0 fully saturated rings. The molecule has 0 bridgehead atoms. The van der Waals surface area contributed by atoms with Crippen molar-refractivity contribution in [3.63, 3.8) is 0 Å². The Morgan fingerprint density at radius 1 is 0.839 bits per heavy atom. The Bertz CT molecular complexity index is 1940. The summed E-state index contributed by atoms with van der Waals surface area (Å²) in [5, 5.41) is 14.0. The van der Waals surface area contributed by atoms with Gasteiger partial charge in [0.25, 0.3) is 0 Å². The fourth-order valence-electron chi connectivity index (χ4n) is 6.20. The molecule has 0 spiro atoms. The van der Waals surface area contributed by atoms with Crippen LogP contribution in [-0.2, 0) is 12.8 Å². The van der Waals surface area contributed by atoms with E-state index in [1.807, 2.05) is 78.9 Å². The molecule has 0 saturated heterocycles. The van der Waals surface area contributed by atoms with Gasteiger partial charge in [-0.1, -0.05) is 94.8 Å². The van der Waals surface area contributed by atoms with Gasteiger partial charge in [0.05, 0.1) is 18.3 Å². The van der Waals surface area contributed by atoms with Gasteiger partial charge < -0.3 is 29.2 Å². The minimum Gasteiger partial charge on any atom is -0.490 e. The van der Waals surface area contributed by atoms with Crippen molar-refractivity contribution in [2.24, 2.45) is 0 Å². The molecule has 2 N–H and O–H groups in total. The third-order valence-electron chi connectivity index (χ3n) is 9.37. The van der Waals surface area contributed by atoms with E-state index in [2.05, 4.69) is 83.1 Å². The van der Waals surface area contributed by atoms with Crippen LogP contribution in [0.4, 0.5) is 0 Å². The number of carbonyl (C=O) groups is 2. The molecule has 0 aliphatic carbocycles. The zero-order valence-electron chi connectivity index (χ0n) is 33.1. The number of rotatable bonds is 22. The fourth-order valence-corrected chi connectivity index (χ4v) is 8.28. The summed E-state index contributed by atoms with van der Waals surface area (Å²) in [6.45, 7) is 13.6. The number of furan rings is 1. The number of halogens is 2. The van der Waals surface area contributed by atoms with Crippen LogP contribution in [0.25, 0.3) is 11.0 Å². The molecule has 10 heteroatoms. The molecule has 4 aromatic carbocycles. The normalized spacial score (nSPS) is 11.6. The Labute approximate surface area is 360 Å². The molecule has 1 atom stereocenters. The number of carbonyl (C=O) groups excluding carboxylic acids is 2. The molecule has 8 nitrogen and oxygen atoms in total. The molecule has 1 aromatic heterocycles. The lowest BCUT2D eigenvalue weighted by Gasteiger charge is -2.19. The van der Waals surface area contributed by atoms with Crippen LogP contribution in [0.2, 0.25) is 0 Å². The summed E-state index contributed by atoms with van der Waals surface area (Å²) in [6, 6.07) is 28.9. The van der Waals surface area contributed by atoms with E-state index in [4.69, 9.17) is 13.9 Å². The van der Waals surface area contributed by atoms with Crippen molar-refractivity contribution in [2.45, 2.75) is 72.3 Å². The molecule has 5 aromatic rings. The lowest BCUT2D eigenvalue weighted by atomic mass is 9.98. The van der Waals surface area contributed by atoms with Gasteiger partial charge in [0.2, 0.25) is 0 Å². The van der Waals surface area contributed by atoms with Crippen LogP contribution in [0.15, 0.2) is 95.4 Å². The van der Waals surface area contributed by atoms with E-state index >= 15 is 0 Å². The van der Waals surface area contributed by atoms with Crippen LogP contribution in [0.5, 0.6) is 11.5 Å². The average molecular weight is 987 g/mol. The highest BCUT2D eigenvalue weighted by atomic mass is 127. The lowest BCUT2D eigenvalue weighted by molar-refractivity contribution is 0.0950. The van der Waals surface area contributed by atoms with Crippen LogP contribution < -0.4 is 14.8 Å². The molecular weight excluding hydrogens is 930 g/mol. The number of aliphatic hydroxyl groups excluding tert-OH is 1. The van der Waals surface area contributed by atoms with E-state index < -0.39 is 6.10 Å². The first-order valence-electron chi connectivity index (χ1n) is 19.8. The molecule has 0 aliphatic rings. The Kier molecular flexibility index (Phi) is 19.8. The summed E-state index contributed by atoms with van der Waals surface area (Å²) in [4.78, 5) is 28.5. The minimum atomic E-state index is -0.598. The number of para-hydroxylation sites is 2. The van der Waals surface area contributed by atoms with Gasteiger partial charge in [0.15, 0.2) is 11.6 Å². The number of fused-ring (bicyclic) bond motifs is 1. The predicted octanol–water partition coefficient (Wildman–Crippen LogP) is 10.2. The monoisotopic (exact) mass is 986 g/mol. The summed E-state index contributed by atoms with van der Waals surface area (Å²) in [7, 11) is 0. The number of ether oxygens (including phenoxy) is 2. The quantitative estimate of drug-likeness (QED) is 0.0402. The highest BCUT2D eigenvalue weighted by molar-refractivity contribution is 14.1. The number of nitrogens with zero attached hydrogens (tertiary/aromatic N) is 1. The number of aryl methyl sites for hydroxylation is 2. The largest absolute Gasteiger partial charge is 0.490 e. The number of likely N-dealkylation sites (N-methyl/N-ethyl adjacent to an activating group) is 1. The third kappa shape index (κ3) is 13.7. The Balaban J connectivity index is 0.000000255. The number of nitrogens with one attached hydrogen (secondary N) is 1. The van der Waals surface area contributed by atoms with Crippen LogP contribution in [-0.4, -0.2) is 73.6 Å². The standard InChI is InChI=1S/C25H29I2NO3.C21H27NO3/c1-4-7-11-22-23(18-10-8-9-12-21(18)31-22)24(29)17-15-19(26)25(20(27)16-17)30-14-13-28(5-2)6-3;1-2-14-22-15-18(23)16-25-21-11-7-6-10-19(21)20(24)13-12-17-8-4-3-5-9-17/h8-10,12,15-16H,4-7,11,13-14H2,1-3H3;3-11,18,22-23H,2,12-16H2,1H3. The average Bonchev–Trinajstić information content (AvgIpc) is 3.59. The highest BCUT2D eigenvalue weighted by Gasteiger charge is 2.23. The molecule has 5 rings (SSSR count). The van der Waals surface area contributed by atoms with Gasteiger partial charge in [-0.3, -0.25) is 9.59 Å². The fraction of sp³-hybridized carbons (Fsp3) is 0.391. The lowest BCUT2D eigenvalue weighted by Crippen LogP contribution is -2.32. The topological polar surface area (TPSA) is 101 Å². The van der Waals surface area contributed by atoms with Gasteiger partial charge in [-0.2, -0.15) is 0 Å². The molecule has 1 unspecified atom stereocenters. The number of ketones is 2. The SMILES string of the molecule is CCCCc1oc2ccccc2c1C(=O)c1cc(I)c(OCCN(CC)CC)c(I)c1.CCCNCC(O)COc1ccccc1C(=O)CCc1ccccc1. The first-order chi connectivity index (χ1) is 27.2. The Hall–Kier alpha value is -3.30. The second kappa shape index (κ2) is 24.5. The van der Waals surface area contributed by atoms with Gasteiger partial charge in [-0.25, -0.2) is 0 Å². The Morgan fingerprint density at radius 3 is 2.21 bits per heavy atom. The third-order valence-corrected chi connectivity index (χ3v) is 11.0. The number of benzene rings is 4. The van der Waals surface area contributed by atoms with Crippen molar-refractivity contribution < 1.29 is 28.6 Å². The summed E-state index contributed by atoms with van der Waals surface area (Å²) < 4.78 is 19.8. The molecule has 56 heavy (non-hydrogen) atoms. The predicted molar refractivity (Wildman–Crippen MR) is 244 cm³/mol. The molecule has 0 saturated carbocycles. The maximum atomic E-state index is 13.6. The van der Waals surface area contributed by atoms with E-state index in [1.54, 1.807) is 12.1 Å².